The molecule has 0 spiro atoms. The number of ether oxygens (including phenoxy) is 2. The fourth-order valence-electron chi connectivity index (χ4n) is 4.35. The van der Waals surface area contributed by atoms with Gasteiger partial charge in [-0.25, -0.2) is 0 Å². The summed E-state index contributed by atoms with van der Waals surface area (Å²) in [7, 11) is 3.09. The van der Waals surface area contributed by atoms with E-state index in [1.54, 1.807) is 36.3 Å². The van der Waals surface area contributed by atoms with E-state index < -0.39 is 48.2 Å². The molecule has 11 nitrogen and oxygen atoms in total. The third kappa shape index (κ3) is 6.49. The SMILES string of the molecule is COC[C@@H]1CCCN1C(=O)[C@@H]1CC(=O)N[C@@H]([C@@H](C)O)C(=O)N(C)CCOc2ccccc2C(=O)N1. The van der Waals surface area contributed by atoms with Crippen molar-refractivity contribution in [2.24, 2.45) is 0 Å². The first-order chi connectivity index (χ1) is 16.7. The van der Waals surface area contributed by atoms with Gasteiger partial charge in [0.1, 0.15) is 24.4 Å². The van der Waals surface area contributed by atoms with Gasteiger partial charge in [0.15, 0.2) is 0 Å². The van der Waals surface area contributed by atoms with Crippen molar-refractivity contribution < 1.29 is 33.8 Å². The van der Waals surface area contributed by atoms with Gasteiger partial charge in [0.25, 0.3) is 5.91 Å². The van der Waals surface area contributed by atoms with E-state index in [4.69, 9.17) is 9.47 Å². The second kappa shape index (κ2) is 12.0. The average molecular weight is 491 g/mol. The van der Waals surface area contributed by atoms with Crippen LogP contribution in [0.3, 0.4) is 0 Å². The van der Waals surface area contributed by atoms with Crippen LogP contribution in [0.15, 0.2) is 24.3 Å². The zero-order valence-corrected chi connectivity index (χ0v) is 20.4. The highest BCUT2D eigenvalue weighted by Crippen LogP contribution is 2.21. The summed E-state index contributed by atoms with van der Waals surface area (Å²) in [6.45, 7) is 2.49. The number of carbonyl (C=O) groups is 4. The lowest BCUT2D eigenvalue weighted by Crippen LogP contribution is -2.56. The molecule has 1 aromatic rings. The maximum atomic E-state index is 13.5. The van der Waals surface area contributed by atoms with Crippen molar-refractivity contribution in [1.82, 2.24) is 20.4 Å². The number of benzene rings is 1. The average Bonchev–Trinajstić information content (AvgIpc) is 3.29. The molecular formula is C24H34N4O7. The van der Waals surface area contributed by atoms with Crippen molar-refractivity contribution in [3.63, 3.8) is 0 Å². The standard InChI is InChI=1S/C24H34N4O7/c1-15(29)21-24(33)27(2)11-12-35-19-9-5-4-8-17(19)22(31)25-18(13-20(30)26-21)23(32)28-10-6-7-16(28)14-34-3/h4-5,8-9,15-16,18,21,29H,6-7,10-14H2,1-3H3,(H,25,31)(H,26,30)/t15-,16+,18+,21+/m1/s1. The number of rotatable bonds is 4. The zero-order valence-electron chi connectivity index (χ0n) is 20.4. The second-order valence-corrected chi connectivity index (χ2v) is 8.90. The molecular weight excluding hydrogens is 456 g/mol. The minimum atomic E-state index is -1.21. The first kappa shape index (κ1) is 26.4. The van der Waals surface area contributed by atoms with E-state index in [0.717, 1.165) is 12.8 Å². The van der Waals surface area contributed by atoms with Gasteiger partial charge in [-0.3, -0.25) is 19.2 Å². The Labute approximate surface area is 204 Å². The maximum absolute atomic E-state index is 13.5. The normalized spacial score (nSPS) is 25.1. The fraction of sp³-hybridized carbons (Fsp3) is 0.583. The highest BCUT2D eigenvalue weighted by atomic mass is 16.5. The lowest BCUT2D eigenvalue weighted by molar-refractivity contribution is -0.140. The minimum Gasteiger partial charge on any atom is -0.491 e. The Morgan fingerprint density at radius 2 is 1.97 bits per heavy atom. The molecule has 4 atom stereocenters. The van der Waals surface area contributed by atoms with Gasteiger partial charge in [0.2, 0.25) is 17.7 Å². The summed E-state index contributed by atoms with van der Waals surface area (Å²) in [4.78, 5) is 55.5. The largest absolute Gasteiger partial charge is 0.491 e. The van der Waals surface area contributed by atoms with Crippen LogP contribution < -0.4 is 15.4 Å². The molecule has 0 aromatic heterocycles. The molecule has 3 rings (SSSR count). The van der Waals surface area contributed by atoms with Crippen LogP contribution in [0.2, 0.25) is 0 Å². The Bertz CT molecular complexity index is 938. The summed E-state index contributed by atoms with van der Waals surface area (Å²) < 4.78 is 11.0. The van der Waals surface area contributed by atoms with Crippen molar-refractivity contribution >= 4 is 23.6 Å². The second-order valence-electron chi connectivity index (χ2n) is 8.90. The van der Waals surface area contributed by atoms with Gasteiger partial charge < -0.3 is 35.0 Å². The quantitative estimate of drug-likeness (QED) is 0.519. The molecule has 192 valence electrons. The molecule has 2 heterocycles. The molecule has 35 heavy (non-hydrogen) atoms. The molecule has 1 fully saturated rings. The van der Waals surface area contributed by atoms with E-state index >= 15 is 0 Å². The highest BCUT2D eigenvalue weighted by molar-refractivity contribution is 6.01. The Morgan fingerprint density at radius 1 is 1.23 bits per heavy atom. The van der Waals surface area contributed by atoms with Crippen LogP contribution in [0.1, 0.15) is 36.5 Å². The number of fused-ring (bicyclic) bond motifs is 1. The predicted octanol–water partition coefficient (Wildman–Crippen LogP) is -0.471. The van der Waals surface area contributed by atoms with Crippen LogP contribution in [0.25, 0.3) is 0 Å². The summed E-state index contributed by atoms with van der Waals surface area (Å²) in [5, 5.41) is 15.4. The Hall–Kier alpha value is -3.18. The Morgan fingerprint density at radius 3 is 2.69 bits per heavy atom. The van der Waals surface area contributed by atoms with Crippen molar-refractivity contribution in [3.8, 4) is 5.75 Å². The van der Waals surface area contributed by atoms with Gasteiger partial charge in [-0.1, -0.05) is 12.1 Å². The number of para-hydroxylation sites is 1. The third-order valence-corrected chi connectivity index (χ3v) is 6.27. The van der Waals surface area contributed by atoms with Gasteiger partial charge in [-0.05, 0) is 31.9 Å². The van der Waals surface area contributed by atoms with Crippen LogP contribution in [0.4, 0.5) is 0 Å². The van der Waals surface area contributed by atoms with Crippen LogP contribution in [-0.2, 0) is 19.1 Å². The van der Waals surface area contributed by atoms with Crippen LogP contribution in [0.5, 0.6) is 5.75 Å². The van der Waals surface area contributed by atoms with E-state index in [1.807, 2.05) is 0 Å². The number of hydrogen-bond donors (Lipinski definition) is 3. The molecule has 0 unspecified atom stereocenters. The molecule has 0 aliphatic carbocycles. The highest BCUT2D eigenvalue weighted by Gasteiger charge is 2.37. The number of nitrogens with zero attached hydrogens (tertiary/aromatic N) is 2. The van der Waals surface area contributed by atoms with Crippen molar-refractivity contribution in [1.29, 1.82) is 0 Å². The van der Waals surface area contributed by atoms with E-state index in [2.05, 4.69) is 10.6 Å². The van der Waals surface area contributed by atoms with Gasteiger partial charge in [0, 0.05) is 20.7 Å². The van der Waals surface area contributed by atoms with Crippen molar-refractivity contribution in [2.75, 3.05) is 40.5 Å². The summed E-state index contributed by atoms with van der Waals surface area (Å²) in [6.07, 6.45) is -0.0244. The maximum Gasteiger partial charge on any atom is 0.255 e. The lowest BCUT2D eigenvalue weighted by atomic mass is 10.1. The molecule has 1 aromatic carbocycles. The van der Waals surface area contributed by atoms with Crippen LogP contribution >= 0.6 is 0 Å². The monoisotopic (exact) mass is 490 g/mol. The molecule has 11 heteroatoms. The number of nitrogens with one attached hydrogen (secondary N) is 2. The lowest BCUT2D eigenvalue weighted by Gasteiger charge is -2.30. The van der Waals surface area contributed by atoms with Gasteiger partial charge in [0.05, 0.1) is 37.3 Å². The molecule has 4 amide bonds. The van der Waals surface area contributed by atoms with Gasteiger partial charge in [-0.2, -0.15) is 0 Å². The summed E-state index contributed by atoms with van der Waals surface area (Å²) >= 11 is 0. The van der Waals surface area contributed by atoms with E-state index in [1.165, 1.54) is 18.9 Å². The molecule has 0 saturated carbocycles. The van der Waals surface area contributed by atoms with E-state index in [-0.39, 0.29) is 24.8 Å². The first-order valence-corrected chi connectivity index (χ1v) is 11.8. The number of amides is 4. The number of aliphatic hydroxyl groups excluding tert-OH is 1. The first-order valence-electron chi connectivity index (χ1n) is 11.8. The van der Waals surface area contributed by atoms with Gasteiger partial charge >= 0.3 is 0 Å². The number of methoxy groups -OCH3 is 1. The third-order valence-electron chi connectivity index (χ3n) is 6.27. The number of likely N-dealkylation sites (tertiary alicyclic amines) is 1. The molecule has 2 aliphatic heterocycles. The zero-order chi connectivity index (χ0) is 25.5. The number of likely N-dealkylation sites (N-methyl/N-ethyl adjacent to an activating group) is 1. The molecule has 0 bridgehead atoms. The van der Waals surface area contributed by atoms with Crippen molar-refractivity contribution in [2.45, 2.75) is 50.4 Å². The minimum absolute atomic E-state index is 0.0852. The van der Waals surface area contributed by atoms with Crippen LogP contribution in [0, 0.1) is 0 Å². The fourth-order valence-corrected chi connectivity index (χ4v) is 4.35. The number of hydrogen-bond acceptors (Lipinski definition) is 7. The summed E-state index contributed by atoms with van der Waals surface area (Å²) in [5.74, 6) is -1.79. The molecule has 2 aliphatic rings. The number of aliphatic hydroxyl groups is 1. The predicted molar refractivity (Wildman–Crippen MR) is 126 cm³/mol. The molecule has 1 saturated heterocycles. The Balaban J connectivity index is 1.93. The molecule has 0 radical (unpaired) electrons. The van der Waals surface area contributed by atoms with Crippen LogP contribution in [-0.4, -0.2) is 103 Å². The smallest absolute Gasteiger partial charge is 0.255 e. The summed E-state index contributed by atoms with van der Waals surface area (Å²) in [5.41, 5.74) is 0.216. The topological polar surface area (TPSA) is 138 Å². The molecule has 3 N–H and O–H groups in total. The number of carbonyl (C=O) groups excluding carboxylic acids is 4. The van der Waals surface area contributed by atoms with E-state index in [9.17, 15) is 24.3 Å². The Kier molecular flexibility index (Phi) is 9.05. The van der Waals surface area contributed by atoms with Gasteiger partial charge in [-0.15, -0.1) is 0 Å². The van der Waals surface area contributed by atoms with E-state index in [0.29, 0.717) is 18.9 Å². The summed E-state index contributed by atoms with van der Waals surface area (Å²) in [6, 6.07) is 4.03. The van der Waals surface area contributed by atoms with Crippen molar-refractivity contribution in [3.05, 3.63) is 29.8 Å².